The number of rotatable bonds is 3. The van der Waals surface area contributed by atoms with Crippen LogP contribution in [-0.4, -0.2) is 33.2 Å². The molecule has 0 unspecified atom stereocenters. The van der Waals surface area contributed by atoms with E-state index in [1.807, 2.05) is 12.1 Å². The average Bonchev–Trinajstić information content (AvgIpc) is 3.38. The van der Waals surface area contributed by atoms with Gasteiger partial charge in [-0.15, -0.1) is 0 Å². The van der Waals surface area contributed by atoms with Gasteiger partial charge in [-0.1, -0.05) is 21.1 Å². The lowest BCUT2D eigenvalue weighted by Gasteiger charge is -2.32. The van der Waals surface area contributed by atoms with Crippen molar-refractivity contribution >= 4 is 32.7 Å². The van der Waals surface area contributed by atoms with Gasteiger partial charge in [-0.3, -0.25) is 0 Å². The average molecular weight is 400 g/mol. The molecular formula is C18H18BrN5O. The van der Waals surface area contributed by atoms with Gasteiger partial charge in [0.1, 0.15) is 12.1 Å². The Morgan fingerprint density at radius 1 is 1.04 bits per heavy atom. The topological polar surface area (TPSA) is 67.9 Å². The van der Waals surface area contributed by atoms with E-state index in [2.05, 4.69) is 47.0 Å². The molecule has 3 heterocycles. The highest BCUT2D eigenvalue weighted by Gasteiger charge is 2.32. The normalized spacial score (nSPS) is 18.8. The van der Waals surface area contributed by atoms with Crippen LogP contribution in [0.1, 0.15) is 49.2 Å². The lowest BCUT2D eigenvalue weighted by Crippen LogP contribution is -2.34. The number of benzene rings is 1. The van der Waals surface area contributed by atoms with E-state index in [9.17, 15) is 0 Å². The Labute approximate surface area is 153 Å². The van der Waals surface area contributed by atoms with E-state index in [1.54, 1.807) is 6.33 Å². The van der Waals surface area contributed by atoms with Gasteiger partial charge in [0.05, 0.1) is 5.52 Å². The molecule has 0 radical (unpaired) electrons. The Morgan fingerprint density at radius 2 is 1.88 bits per heavy atom. The second-order valence-corrected chi connectivity index (χ2v) is 7.80. The van der Waals surface area contributed by atoms with Crippen molar-refractivity contribution in [2.75, 3.05) is 18.0 Å². The maximum atomic E-state index is 5.42. The summed E-state index contributed by atoms with van der Waals surface area (Å²) in [7, 11) is 0. The lowest BCUT2D eigenvalue weighted by atomic mass is 9.96. The molecule has 0 N–H and O–H groups in total. The maximum absolute atomic E-state index is 5.42. The van der Waals surface area contributed by atoms with E-state index in [0.717, 1.165) is 58.8 Å². The first-order chi connectivity index (χ1) is 12.3. The Hall–Kier alpha value is -2.02. The zero-order valence-electron chi connectivity index (χ0n) is 13.7. The van der Waals surface area contributed by atoms with Crippen LogP contribution >= 0.6 is 15.9 Å². The lowest BCUT2D eigenvalue weighted by molar-refractivity contribution is 0.365. The summed E-state index contributed by atoms with van der Waals surface area (Å²) in [6.45, 7) is 1.88. The van der Waals surface area contributed by atoms with Crippen LogP contribution in [0.3, 0.4) is 0 Å². The van der Waals surface area contributed by atoms with Gasteiger partial charge >= 0.3 is 0 Å². The first kappa shape index (κ1) is 15.3. The number of aromatic nitrogens is 4. The summed E-state index contributed by atoms with van der Waals surface area (Å²) >= 11 is 3.55. The summed E-state index contributed by atoms with van der Waals surface area (Å²) in [6.07, 6.45) is 6.07. The molecule has 2 aromatic heterocycles. The van der Waals surface area contributed by atoms with E-state index in [1.165, 1.54) is 12.8 Å². The van der Waals surface area contributed by atoms with Gasteiger partial charge in [-0.05, 0) is 43.9 Å². The third-order valence-corrected chi connectivity index (χ3v) is 5.61. The predicted octanol–water partition coefficient (Wildman–Crippen LogP) is 4.04. The third kappa shape index (κ3) is 2.90. The molecule has 0 bridgehead atoms. The maximum Gasteiger partial charge on any atom is 0.229 e. The van der Waals surface area contributed by atoms with Crippen molar-refractivity contribution in [1.29, 1.82) is 0 Å². The molecular weight excluding hydrogens is 382 g/mol. The molecule has 1 aromatic carbocycles. The summed E-state index contributed by atoms with van der Waals surface area (Å²) in [5.41, 5.74) is 0.975. The summed E-state index contributed by atoms with van der Waals surface area (Å²) < 4.78 is 6.47. The van der Waals surface area contributed by atoms with Gasteiger partial charge in [-0.25, -0.2) is 9.97 Å². The van der Waals surface area contributed by atoms with E-state index in [0.29, 0.717) is 11.8 Å². The number of hydrogen-bond donors (Lipinski definition) is 0. The molecule has 0 atom stereocenters. The highest BCUT2D eigenvalue weighted by atomic mass is 79.9. The Morgan fingerprint density at radius 3 is 2.68 bits per heavy atom. The molecule has 6 nitrogen and oxygen atoms in total. The monoisotopic (exact) mass is 399 g/mol. The van der Waals surface area contributed by atoms with Gasteiger partial charge in [0, 0.05) is 34.8 Å². The predicted molar refractivity (Wildman–Crippen MR) is 97.7 cm³/mol. The molecule has 1 saturated heterocycles. The van der Waals surface area contributed by atoms with Gasteiger partial charge in [0.25, 0.3) is 0 Å². The van der Waals surface area contributed by atoms with E-state index >= 15 is 0 Å². The second-order valence-electron chi connectivity index (χ2n) is 6.89. The van der Waals surface area contributed by atoms with Gasteiger partial charge < -0.3 is 9.42 Å². The minimum absolute atomic E-state index is 0.382. The van der Waals surface area contributed by atoms with Gasteiger partial charge in [0.15, 0.2) is 5.82 Å². The van der Waals surface area contributed by atoms with Crippen molar-refractivity contribution in [3.05, 3.63) is 40.7 Å². The number of hydrogen-bond acceptors (Lipinski definition) is 6. The van der Waals surface area contributed by atoms with Crippen LogP contribution in [0.25, 0.3) is 10.9 Å². The molecule has 2 fully saturated rings. The van der Waals surface area contributed by atoms with Crippen LogP contribution in [0.5, 0.6) is 0 Å². The van der Waals surface area contributed by atoms with Crippen molar-refractivity contribution in [1.82, 2.24) is 20.1 Å². The highest BCUT2D eigenvalue weighted by molar-refractivity contribution is 9.10. The minimum atomic E-state index is 0.382. The third-order valence-electron chi connectivity index (χ3n) is 5.12. The SMILES string of the molecule is Brc1ccc2ncnc(N3CCC(c4noc(C5CC5)n4)CC3)c2c1. The standard InChI is InChI=1S/C18H18BrN5O/c19-13-3-4-15-14(9-13)17(21-10-20-15)24-7-5-11(6-8-24)16-22-18(25-23-16)12-1-2-12/h3-4,9-12H,1-2,5-8H2. The van der Waals surface area contributed by atoms with E-state index in [4.69, 9.17) is 4.52 Å². The highest BCUT2D eigenvalue weighted by Crippen LogP contribution is 2.40. The smallest absolute Gasteiger partial charge is 0.229 e. The number of piperidine rings is 1. The van der Waals surface area contributed by atoms with Crippen molar-refractivity contribution < 1.29 is 4.52 Å². The fraction of sp³-hybridized carbons (Fsp3) is 0.444. The van der Waals surface area contributed by atoms with Crippen LogP contribution in [0.2, 0.25) is 0 Å². The summed E-state index contributed by atoms with van der Waals surface area (Å²) in [5, 5.41) is 5.31. The number of anilines is 1. The molecule has 7 heteroatoms. The molecule has 5 rings (SSSR count). The molecule has 1 aliphatic carbocycles. The van der Waals surface area contributed by atoms with Crippen LogP contribution in [-0.2, 0) is 0 Å². The minimum Gasteiger partial charge on any atom is -0.356 e. The zero-order chi connectivity index (χ0) is 16.8. The quantitative estimate of drug-likeness (QED) is 0.661. The number of fused-ring (bicyclic) bond motifs is 1. The van der Waals surface area contributed by atoms with Gasteiger partial charge in [0.2, 0.25) is 5.89 Å². The molecule has 1 aliphatic heterocycles. The Bertz CT molecular complexity index is 915. The van der Waals surface area contributed by atoms with E-state index in [-0.39, 0.29) is 0 Å². The van der Waals surface area contributed by atoms with Gasteiger partial charge in [-0.2, -0.15) is 4.98 Å². The van der Waals surface area contributed by atoms with Crippen molar-refractivity contribution in [2.45, 2.75) is 37.5 Å². The Kier molecular flexibility index (Phi) is 3.69. The molecule has 25 heavy (non-hydrogen) atoms. The first-order valence-electron chi connectivity index (χ1n) is 8.76. The second kappa shape index (κ2) is 6.05. The zero-order valence-corrected chi connectivity index (χ0v) is 15.3. The fourth-order valence-electron chi connectivity index (χ4n) is 3.53. The number of halogens is 1. The fourth-order valence-corrected chi connectivity index (χ4v) is 3.89. The summed E-state index contributed by atoms with van der Waals surface area (Å²) in [6, 6.07) is 6.13. The molecule has 2 aliphatic rings. The molecule has 128 valence electrons. The van der Waals surface area contributed by atoms with Crippen molar-refractivity contribution in [2.24, 2.45) is 0 Å². The van der Waals surface area contributed by atoms with Crippen LogP contribution < -0.4 is 4.90 Å². The van der Waals surface area contributed by atoms with E-state index < -0.39 is 0 Å². The molecule has 3 aromatic rings. The molecule has 1 saturated carbocycles. The largest absolute Gasteiger partial charge is 0.356 e. The van der Waals surface area contributed by atoms with Crippen molar-refractivity contribution in [3.63, 3.8) is 0 Å². The van der Waals surface area contributed by atoms with Crippen LogP contribution in [0.15, 0.2) is 33.5 Å². The molecule has 0 amide bonds. The summed E-state index contributed by atoms with van der Waals surface area (Å²) in [4.78, 5) is 15.9. The van der Waals surface area contributed by atoms with Crippen LogP contribution in [0.4, 0.5) is 5.82 Å². The number of nitrogens with zero attached hydrogens (tertiary/aromatic N) is 5. The molecule has 0 spiro atoms. The van der Waals surface area contributed by atoms with Crippen molar-refractivity contribution in [3.8, 4) is 0 Å². The summed E-state index contributed by atoms with van der Waals surface area (Å²) in [5.74, 6) is 3.64. The van der Waals surface area contributed by atoms with Crippen LogP contribution in [0, 0.1) is 0 Å². The first-order valence-corrected chi connectivity index (χ1v) is 9.56. The Balaban J connectivity index is 1.35.